The number of rotatable bonds is 49. The van der Waals surface area contributed by atoms with Crippen LogP contribution in [0.25, 0.3) is 0 Å². The van der Waals surface area contributed by atoms with Crippen LogP contribution in [0, 0.1) is 0 Å². The Hall–Kier alpha value is -2.87. The third-order valence-corrected chi connectivity index (χ3v) is 12.1. The first-order chi connectivity index (χ1) is 34.1. The number of fused-ring (bicyclic) bond motifs is 1. The molecular formula is C48H85N5O16S. The number of hydrogen-bond acceptors (Lipinski definition) is 19. The van der Waals surface area contributed by atoms with Crippen molar-refractivity contribution in [3.8, 4) is 0 Å². The van der Waals surface area contributed by atoms with Crippen LogP contribution in [0.4, 0.5) is 4.79 Å². The summed E-state index contributed by atoms with van der Waals surface area (Å²) in [6.07, 6.45) is 8.79. The Bertz CT molecular complexity index is 1510. The van der Waals surface area contributed by atoms with Crippen LogP contribution >= 0.6 is 11.8 Å². The molecule has 2 fully saturated rings. The van der Waals surface area contributed by atoms with Crippen molar-refractivity contribution in [2.24, 2.45) is 0 Å². The number of unbranched alkanes of at least 4 members (excludes halogenated alkanes) is 1. The van der Waals surface area contributed by atoms with Gasteiger partial charge in [-0.1, -0.05) is 11.6 Å². The average Bonchev–Trinajstić information content (AvgIpc) is 4.05. The van der Waals surface area contributed by atoms with E-state index in [0.29, 0.717) is 209 Å². The predicted molar refractivity (Wildman–Crippen MR) is 260 cm³/mol. The van der Waals surface area contributed by atoms with Crippen molar-refractivity contribution in [2.45, 2.75) is 121 Å². The van der Waals surface area contributed by atoms with E-state index in [1.807, 2.05) is 38.7 Å². The number of aromatic nitrogens is 3. The molecule has 0 spiro atoms. The summed E-state index contributed by atoms with van der Waals surface area (Å²) in [5.74, 6) is 1.13. The molecule has 3 rings (SSSR count). The van der Waals surface area contributed by atoms with Gasteiger partial charge in [0.15, 0.2) is 0 Å². The number of urea groups is 1. The van der Waals surface area contributed by atoms with Gasteiger partial charge < -0.3 is 67.5 Å². The molecule has 3 heterocycles. The summed E-state index contributed by atoms with van der Waals surface area (Å²) in [7, 11) is 0. The molecule has 0 unspecified atom stereocenters. The first kappa shape index (κ1) is 61.4. The van der Waals surface area contributed by atoms with Gasteiger partial charge in [0, 0.05) is 62.5 Å². The Morgan fingerprint density at radius 3 is 1.56 bits per heavy atom. The minimum atomic E-state index is -0.462. The van der Waals surface area contributed by atoms with Gasteiger partial charge in [0.25, 0.3) is 0 Å². The van der Waals surface area contributed by atoms with E-state index in [4.69, 9.17) is 56.8 Å². The van der Waals surface area contributed by atoms with Gasteiger partial charge in [-0.15, -0.1) is 5.10 Å². The van der Waals surface area contributed by atoms with E-state index >= 15 is 0 Å². The van der Waals surface area contributed by atoms with Crippen LogP contribution in [-0.2, 0) is 84.2 Å². The molecule has 21 nitrogen and oxygen atoms in total. The lowest BCUT2D eigenvalue weighted by Crippen LogP contribution is -2.36. The molecule has 2 aliphatic rings. The predicted octanol–water partition coefficient (Wildman–Crippen LogP) is 3.55. The second kappa shape index (κ2) is 40.6. The average molecular weight is 1020 g/mol. The van der Waals surface area contributed by atoms with Crippen molar-refractivity contribution >= 4 is 35.3 Å². The van der Waals surface area contributed by atoms with Crippen molar-refractivity contribution < 1.29 is 76.0 Å². The standard InChI is InChI=1S/C48H85N5O16S/c1-48(2,3)69-45(56)11-7-17-59-21-25-63-29-33-66-32-28-62-24-20-58-16-6-9-42(55)14-18-60-22-26-64-30-34-67-36-37-68-35-31-65-27-23-61-19-15-53-38-40(51-52-53)12-13-41(54)8-4-5-10-44-46-43(39-70-44)49-47(57)50-46/h38,43-44,46H,4-37,39H2,1-3H3,(H2,49,50,57)/t43-,44+,46-/m1/s1. The largest absolute Gasteiger partial charge is 0.460 e. The molecule has 0 saturated carbocycles. The Morgan fingerprint density at radius 2 is 1.03 bits per heavy atom. The Balaban J connectivity index is 0.926. The number of carbonyl (C=O) groups excluding carboxylic acids is 4. The second-order valence-corrected chi connectivity index (χ2v) is 19.0. The van der Waals surface area contributed by atoms with Crippen molar-refractivity contribution in [3.63, 3.8) is 0 Å². The maximum atomic E-state index is 12.4. The third kappa shape index (κ3) is 33.7. The van der Waals surface area contributed by atoms with Crippen LogP contribution in [0.3, 0.4) is 0 Å². The van der Waals surface area contributed by atoms with Gasteiger partial charge in [0.1, 0.15) is 17.2 Å². The van der Waals surface area contributed by atoms with Crippen LogP contribution in [0.15, 0.2) is 6.20 Å². The van der Waals surface area contributed by atoms with E-state index in [1.54, 1.807) is 4.68 Å². The van der Waals surface area contributed by atoms with Crippen LogP contribution in [0.1, 0.15) is 90.7 Å². The number of amides is 2. The van der Waals surface area contributed by atoms with Gasteiger partial charge in [0.05, 0.1) is 156 Å². The third-order valence-electron chi connectivity index (χ3n) is 10.6. The minimum absolute atomic E-state index is 0.0624. The Kier molecular flexibility index (Phi) is 35.6. The van der Waals surface area contributed by atoms with Gasteiger partial charge in [-0.05, 0) is 52.9 Å². The highest BCUT2D eigenvalue weighted by Crippen LogP contribution is 2.33. The summed E-state index contributed by atoms with van der Waals surface area (Å²) in [5, 5.41) is 14.7. The number of thioether (sulfide) groups is 1. The van der Waals surface area contributed by atoms with Crippen molar-refractivity contribution in [2.75, 3.05) is 151 Å². The van der Waals surface area contributed by atoms with E-state index in [2.05, 4.69) is 20.9 Å². The fourth-order valence-electron chi connectivity index (χ4n) is 7.00. The second-order valence-electron chi connectivity index (χ2n) is 17.7. The first-order valence-corrected chi connectivity index (χ1v) is 26.3. The molecule has 3 atom stereocenters. The topological polar surface area (TPSA) is 234 Å². The van der Waals surface area contributed by atoms with Crippen molar-refractivity contribution in [1.29, 1.82) is 0 Å². The lowest BCUT2D eigenvalue weighted by molar-refractivity contribution is -0.155. The summed E-state index contributed by atoms with van der Waals surface area (Å²) in [6, 6.07) is 0.392. The molecule has 0 aliphatic carbocycles. The molecule has 70 heavy (non-hydrogen) atoms. The molecule has 404 valence electrons. The highest BCUT2D eigenvalue weighted by molar-refractivity contribution is 8.00. The van der Waals surface area contributed by atoms with Gasteiger partial charge in [-0.3, -0.25) is 14.4 Å². The van der Waals surface area contributed by atoms with E-state index in [1.165, 1.54) is 0 Å². The van der Waals surface area contributed by atoms with Crippen LogP contribution < -0.4 is 10.6 Å². The molecule has 1 aromatic heterocycles. The number of ketones is 2. The molecule has 2 saturated heterocycles. The number of hydrogen-bond donors (Lipinski definition) is 2. The zero-order chi connectivity index (χ0) is 50.2. The van der Waals surface area contributed by atoms with Gasteiger partial charge in [0.2, 0.25) is 0 Å². The zero-order valence-electron chi connectivity index (χ0n) is 42.3. The number of aryl methyl sites for hydroxylation is 1. The van der Waals surface area contributed by atoms with E-state index < -0.39 is 5.60 Å². The number of esters is 1. The van der Waals surface area contributed by atoms with Crippen LogP contribution in [0.5, 0.6) is 0 Å². The fourth-order valence-corrected chi connectivity index (χ4v) is 8.54. The fraction of sp³-hybridized carbons (Fsp3) is 0.875. The molecule has 2 aliphatic heterocycles. The Labute approximate surface area is 419 Å². The lowest BCUT2D eigenvalue weighted by atomic mass is 10.0. The normalized spacial score (nSPS) is 16.7. The number of ether oxygens (including phenoxy) is 12. The van der Waals surface area contributed by atoms with Gasteiger partial charge in [-0.2, -0.15) is 11.8 Å². The maximum absolute atomic E-state index is 12.4. The molecule has 0 aromatic carbocycles. The summed E-state index contributed by atoms with van der Waals surface area (Å²) in [6.45, 7) is 16.2. The van der Waals surface area contributed by atoms with Gasteiger partial charge >= 0.3 is 12.0 Å². The number of nitrogens with zero attached hydrogens (tertiary/aromatic N) is 3. The summed E-state index contributed by atoms with van der Waals surface area (Å²) in [4.78, 5) is 47.7. The SMILES string of the molecule is CC(C)(C)OC(=O)CCCOCCOCCOCCOCCOCCCC(=O)CCOCCOCCOCCOCCOCCOCCn1cc(CCC(=O)CCCC[C@@H]2SC[C@H]3NC(=O)N[C@@H]23)nn1. The molecule has 0 radical (unpaired) electrons. The molecule has 1 aromatic rings. The van der Waals surface area contributed by atoms with E-state index in [0.717, 1.165) is 30.7 Å². The lowest BCUT2D eigenvalue weighted by Gasteiger charge is -2.19. The molecule has 2 amide bonds. The van der Waals surface area contributed by atoms with E-state index in [9.17, 15) is 19.2 Å². The number of carbonyl (C=O) groups is 4. The quantitative estimate of drug-likeness (QED) is 0.0540. The molecule has 2 N–H and O–H groups in total. The van der Waals surface area contributed by atoms with Gasteiger partial charge in [-0.25, -0.2) is 9.48 Å². The molecule has 22 heteroatoms. The summed E-state index contributed by atoms with van der Waals surface area (Å²) >= 11 is 1.91. The first-order valence-electron chi connectivity index (χ1n) is 25.3. The monoisotopic (exact) mass is 1020 g/mol. The van der Waals surface area contributed by atoms with Crippen LogP contribution in [-0.4, -0.2) is 213 Å². The Morgan fingerprint density at radius 1 is 0.571 bits per heavy atom. The summed E-state index contributed by atoms with van der Waals surface area (Å²) in [5.41, 5.74) is 0.340. The van der Waals surface area contributed by atoms with Crippen molar-refractivity contribution in [1.82, 2.24) is 25.6 Å². The number of Topliss-reactive ketones (excluding diaryl/α,β-unsaturated/α-hetero) is 2. The number of nitrogens with one attached hydrogen (secondary N) is 2. The smallest absolute Gasteiger partial charge is 0.315 e. The summed E-state index contributed by atoms with van der Waals surface area (Å²) < 4.78 is 67.7. The highest BCUT2D eigenvalue weighted by Gasteiger charge is 2.42. The van der Waals surface area contributed by atoms with Crippen molar-refractivity contribution in [3.05, 3.63) is 11.9 Å². The molecular weight excluding hydrogens is 935 g/mol. The van der Waals surface area contributed by atoms with E-state index in [-0.39, 0.29) is 35.7 Å². The minimum Gasteiger partial charge on any atom is -0.460 e. The zero-order valence-corrected chi connectivity index (χ0v) is 43.2. The maximum Gasteiger partial charge on any atom is 0.315 e. The highest BCUT2D eigenvalue weighted by atomic mass is 32.2. The van der Waals surface area contributed by atoms with Crippen LogP contribution in [0.2, 0.25) is 0 Å². The molecule has 0 bridgehead atoms.